The van der Waals surface area contributed by atoms with Gasteiger partial charge < -0.3 is 4.90 Å². The van der Waals surface area contributed by atoms with Gasteiger partial charge in [-0.3, -0.25) is 4.57 Å². The Labute approximate surface area is 327 Å². The number of rotatable bonds is 5. The molecule has 0 saturated heterocycles. The van der Waals surface area contributed by atoms with Crippen LogP contribution in [0.25, 0.3) is 72.4 Å². The number of aromatic nitrogens is 4. The lowest BCUT2D eigenvalue weighted by Gasteiger charge is -2.50. The Kier molecular flexibility index (Phi) is 7.31. The summed E-state index contributed by atoms with van der Waals surface area (Å²) in [6, 6.07) is 58.7. The van der Waals surface area contributed by atoms with Crippen molar-refractivity contribution in [3.63, 3.8) is 0 Å². The molecule has 1 saturated carbocycles. The van der Waals surface area contributed by atoms with Gasteiger partial charge >= 0.3 is 0 Å². The molecule has 1 aliphatic heterocycles. The van der Waals surface area contributed by atoms with E-state index in [1.807, 2.05) is 36.4 Å². The first-order valence-corrected chi connectivity index (χ1v) is 19.8. The Bertz CT molecular complexity index is 2900. The van der Waals surface area contributed by atoms with Crippen LogP contribution in [0.2, 0.25) is 0 Å². The standard InChI is InChI=1S/C51H41N5/c1-50-30-14-15-31-51(50,2)56(39-21-10-5-11-22-39)43-28-26-37(32-42(43)50)38-24-27-41-45(33-38)55(44-29-25-34-16-12-13-23-40(34)46(41)44)49-53-47(35-17-6-3-7-18-35)52-48(54-49)36-19-8-4-9-20-36/h3-13,16-29,32-33H,14-15,30-31H2,1-2H3. The van der Waals surface area contributed by atoms with Crippen molar-refractivity contribution in [2.24, 2.45) is 0 Å². The van der Waals surface area contributed by atoms with Crippen molar-refractivity contribution in [3.05, 3.63) is 169 Å². The lowest BCUT2D eigenvalue weighted by atomic mass is 9.61. The highest BCUT2D eigenvalue weighted by Crippen LogP contribution is 2.61. The molecular weight excluding hydrogens is 683 g/mol. The fraction of sp³-hybridized carbons (Fsp3) is 0.157. The first-order chi connectivity index (χ1) is 27.5. The Morgan fingerprint density at radius 3 is 1.86 bits per heavy atom. The topological polar surface area (TPSA) is 46.8 Å². The van der Waals surface area contributed by atoms with Crippen molar-refractivity contribution in [2.75, 3.05) is 4.90 Å². The largest absolute Gasteiger partial charge is 0.334 e. The molecule has 1 fully saturated rings. The van der Waals surface area contributed by atoms with Gasteiger partial charge in [-0.2, -0.15) is 9.97 Å². The van der Waals surface area contributed by atoms with E-state index in [-0.39, 0.29) is 11.0 Å². The third kappa shape index (κ3) is 4.83. The summed E-state index contributed by atoms with van der Waals surface area (Å²) in [5.41, 5.74) is 10.5. The summed E-state index contributed by atoms with van der Waals surface area (Å²) >= 11 is 0. The van der Waals surface area contributed by atoms with Crippen LogP contribution in [-0.2, 0) is 5.41 Å². The minimum absolute atomic E-state index is 0.00337. The van der Waals surface area contributed by atoms with Crippen LogP contribution >= 0.6 is 0 Å². The Morgan fingerprint density at radius 2 is 1.12 bits per heavy atom. The molecule has 0 amide bonds. The summed E-state index contributed by atoms with van der Waals surface area (Å²) in [5.74, 6) is 1.89. The van der Waals surface area contributed by atoms with Gasteiger partial charge in [0.2, 0.25) is 5.95 Å². The van der Waals surface area contributed by atoms with Crippen molar-refractivity contribution in [2.45, 2.75) is 50.5 Å². The molecule has 5 nitrogen and oxygen atoms in total. The lowest BCUT2D eigenvalue weighted by molar-refractivity contribution is 0.195. The molecule has 2 aromatic heterocycles. The summed E-state index contributed by atoms with van der Waals surface area (Å²) in [4.78, 5) is 18.1. The lowest BCUT2D eigenvalue weighted by Crippen LogP contribution is -2.54. The molecule has 11 rings (SSSR count). The molecule has 7 aromatic carbocycles. The minimum atomic E-state index is -0.00337. The smallest absolute Gasteiger partial charge is 0.238 e. The van der Waals surface area contributed by atoms with Crippen LogP contribution in [0.3, 0.4) is 0 Å². The number of hydrogen-bond donors (Lipinski definition) is 0. The fourth-order valence-corrected chi connectivity index (χ4v) is 9.98. The molecule has 3 heterocycles. The number of benzene rings is 7. The number of fused-ring (bicyclic) bond motifs is 8. The molecule has 9 aromatic rings. The number of nitrogens with zero attached hydrogens (tertiary/aromatic N) is 5. The second kappa shape index (κ2) is 12.5. The maximum Gasteiger partial charge on any atom is 0.238 e. The van der Waals surface area contributed by atoms with Gasteiger partial charge in [-0.15, -0.1) is 0 Å². The average Bonchev–Trinajstić information content (AvgIpc) is 3.70. The molecule has 0 radical (unpaired) electrons. The predicted octanol–water partition coefficient (Wildman–Crippen LogP) is 12.9. The van der Waals surface area contributed by atoms with E-state index in [2.05, 4.69) is 151 Å². The van der Waals surface area contributed by atoms with Crippen LogP contribution in [0.4, 0.5) is 11.4 Å². The van der Waals surface area contributed by atoms with E-state index in [1.165, 1.54) is 75.3 Å². The molecule has 0 N–H and O–H groups in total. The number of para-hydroxylation sites is 1. The van der Waals surface area contributed by atoms with Crippen LogP contribution < -0.4 is 4.90 Å². The highest BCUT2D eigenvalue weighted by atomic mass is 15.3. The van der Waals surface area contributed by atoms with E-state index >= 15 is 0 Å². The van der Waals surface area contributed by atoms with Gasteiger partial charge in [-0.05, 0) is 83.6 Å². The van der Waals surface area contributed by atoms with E-state index < -0.39 is 0 Å². The van der Waals surface area contributed by atoms with Crippen molar-refractivity contribution in [1.29, 1.82) is 0 Å². The van der Waals surface area contributed by atoms with Gasteiger partial charge in [0.05, 0.1) is 16.6 Å². The molecular formula is C51H41N5. The zero-order valence-corrected chi connectivity index (χ0v) is 31.7. The van der Waals surface area contributed by atoms with Crippen LogP contribution in [0, 0.1) is 0 Å². The first kappa shape index (κ1) is 32.8. The summed E-state index contributed by atoms with van der Waals surface area (Å²) in [7, 11) is 0. The zero-order valence-electron chi connectivity index (χ0n) is 31.7. The van der Waals surface area contributed by atoms with E-state index in [9.17, 15) is 0 Å². The van der Waals surface area contributed by atoms with Crippen molar-refractivity contribution in [1.82, 2.24) is 19.5 Å². The van der Waals surface area contributed by atoms with Gasteiger partial charge in [-0.25, -0.2) is 4.98 Å². The maximum absolute atomic E-state index is 5.24. The average molecular weight is 724 g/mol. The van der Waals surface area contributed by atoms with Gasteiger partial charge in [0.25, 0.3) is 0 Å². The maximum atomic E-state index is 5.24. The van der Waals surface area contributed by atoms with E-state index in [0.29, 0.717) is 17.6 Å². The molecule has 0 spiro atoms. The first-order valence-electron chi connectivity index (χ1n) is 19.8. The SMILES string of the molecule is CC12CCCCC1(C)N(c1ccccc1)c1ccc(-c3ccc4c5c6ccccc6ccc5n(-c5nc(-c6ccccc6)nc(-c6ccccc6)n5)c4c3)cc12. The monoisotopic (exact) mass is 723 g/mol. The quantitative estimate of drug-likeness (QED) is 0.177. The second-order valence-electron chi connectivity index (χ2n) is 16.0. The second-order valence-corrected chi connectivity index (χ2v) is 16.0. The van der Waals surface area contributed by atoms with E-state index in [0.717, 1.165) is 22.2 Å². The Balaban J connectivity index is 1.16. The molecule has 1 aliphatic carbocycles. The number of hydrogen-bond acceptors (Lipinski definition) is 4. The third-order valence-corrected chi connectivity index (χ3v) is 13.0. The summed E-state index contributed by atoms with van der Waals surface area (Å²) in [6.07, 6.45) is 4.85. The molecule has 5 heteroatoms. The summed E-state index contributed by atoms with van der Waals surface area (Å²) in [6.45, 7) is 5.01. The van der Waals surface area contributed by atoms with Gasteiger partial charge in [0.15, 0.2) is 11.6 Å². The molecule has 270 valence electrons. The van der Waals surface area contributed by atoms with Crippen molar-refractivity contribution in [3.8, 4) is 39.9 Å². The normalized spacial score (nSPS) is 19.1. The van der Waals surface area contributed by atoms with Gasteiger partial charge in [-0.1, -0.05) is 147 Å². The molecule has 2 atom stereocenters. The predicted molar refractivity (Wildman–Crippen MR) is 231 cm³/mol. The molecule has 56 heavy (non-hydrogen) atoms. The summed E-state index contributed by atoms with van der Waals surface area (Å²) in [5, 5.41) is 4.79. The van der Waals surface area contributed by atoms with Crippen LogP contribution in [0.1, 0.15) is 45.1 Å². The van der Waals surface area contributed by atoms with E-state index in [1.54, 1.807) is 0 Å². The molecule has 2 unspecified atom stereocenters. The zero-order chi connectivity index (χ0) is 37.4. The Morgan fingerprint density at radius 1 is 0.500 bits per heavy atom. The van der Waals surface area contributed by atoms with Crippen LogP contribution in [-0.4, -0.2) is 25.1 Å². The minimum Gasteiger partial charge on any atom is -0.334 e. The third-order valence-electron chi connectivity index (χ3n) is 13.0. The van der Waals surface area contributed by atoms with Crippen LogP contribution in [0.5, 0.6) is 0 Å². The van der Waals surface area contributed by atoms with Gasteiger partial charge in [0, 0.05) is 38.7 Å². The fourth-order valence-electron chi connectivity index (χ4n) is 9.98. The van der Waals surface area contributed by atoms with E-state index in [4.69, 9.17) is 15.0 Å². The molecule has 0 bridgehead atoms. The number of anilines is 2. The Hall–Kier alpha value is -6.59. The van der Waals surface area contributed by atoms with Gasteiger partial charge in [0.1, 0.15) is 0 Å². The van der Waals surface area contributed by atoms with Crippen LogP contribution in [0.15, 0.2) is 164 Å². The van der Waals surface area contributed by atoms with Crippen molar-refractivity contribution < 1.29 is 0 Å². The highest BCUT2D eigenvalue weighted by Gasteiger charge is 2.57. The summed E-state index contributed by atoms with van der Waals surface area (Å²) < 4.78 is 2.26. The van der Waals surface area contributed by atoms with Crippen molar-refractivity contribution >= 4 is 44.0 Å². The highest BCUT2D eigenvalue weighted by molar-refractivity contribution is 6.21. The molecule has 2 aliphatic rings.